The molecule has 1 aliphatic rings. The van der Waals surface area contributed by atoms with Crippen LogP contribution < -0.4 is 10.8 Å². The number of aliphatic hydroxyl groups is 1. The average Bonchev–Trinajstić information content (AvgIpc) is 3.84. The zero-order chi connectivity index (χ0) is 53.2. The van der Waals surface area contributed by atoms with Gasteiger partial charge in [-0.3, -0.25) is 33.6 Å². The van der Waals surface area contributed by atoms with E-state index in [4.69, 9.17) is 34.9 Å². The maximum Gasteiger partial charge on any atom is 0.244 e. The summed E-state index contributed by atoms with van der Waals surface area (Å²) < 4.78 is 27.9. The number of likely N-dealkylation sites (tertiary alicyclic amines) is 1. The minimum Gasteiger partial charge on any atom is -0.386 e. The number of methoxy groups -OCH3 is 2. The van der Waals surface area contributed by atoms with E-state index in [1.165, 1.54) is 26.2 Å². The van der Waals surface area contributed by atoms with Gasteiger partial charge in [-0.2, -0.15) is 0 Å². The molecule has 1 aromatic rings. The Morgan fingerprint density at radius 2 is 1.45 bits per heavy atom. The molecule has 402 valence electrons. The van der Waals surface area contributed by atoms with Crippen molar-refractivity contribution in [1.82, 2.24) is 25.5 Å². The van der Waals surface area contributed by atoms with Gasteiger partial charge in [0.1, 0.15) is 6.61 Å². The number of rotatable bonds is 35. The highest BCUT2D eigenvalue weighted by Crippen LogP contribution is 2.31. The summed E-state index contributed by atoms with van der Waals surface area (Å²) >= 11 is 0. The van der Waals surface area contributed by atoms with Crippen LogP contribution in [0.3, 0.4) is 0 Å². The highest BCUT2D eigenvalue weighted by atomic mass is 16.7. The van der Waals surface area contributed by atoms with E-state index in [-0.39, 0.29) is 86.8 Å². The Hall–Kier alpha value is -4.48. The number of carbonyl (C=O) groups excluding carboxylic acids is 6. The number of carbonyl (C=O) groups is 6. The van der Waals surface area contributed by atoms with Crippen LogP contribution in [0.1, 0.15) is 112 Å². The fourth-order valence-electron chi connectivity index (χ4n) is 9.33. The van der Waals surface area contributed by atoms with Gasteiger partial charge in [-0.25, -0.2) is 5.48 Å². The Morgan fingerprint density at radius 3 is 2.01 bits per heavy atom. The lowest BCUT2D eigenvalue weighted by atomic mass is 9.83. The molecule has 18 heteroatoms. The topological polar surface area (TPSA) is 212 Å². The SMILES string of the molecule is C#CCOCCOCCOCCONC(=O)CCC(=O)N(C)[C@H](C(=O)C[C@H](C(=O)N(C)[C@@H]([C@@H](C)CC)[C@@H](CC(=O)N1CCC[C@H]1[C@H](OC)[C@@H](C)C(=O)N[C@H](C)[C@@H](O)c1ccccc1)OC)C(C)C)C(C)C. The van der Waals surface area contributed by atoms with Gasteiger partial charge in [0.2, 0.25) is 29.5 Å². The molecule has 10 atom stereocenters. The first kappa shape index (κ1) is 62.6. The first-order valence-electron chi connectivity index (χ1n) is 25.3. The number of likely N-dealkylation sites (N-methyl/N-ethyl adjacent to an activating group) is 2. The van der Waals surface area contributed by atoms with Gasteiger partial charge in [0.05, 0.1) is 94.5 Å². The summed E-state index contributed by atoms with van der Waals surface area (Å²) in [6.07, 6.45) is 4.39. The van der Waals surface area contributed by atoms with Crippen LogP contribution in [0.25, 0.3) is 0 Å². The number of ketones is 1. The molecule has 1 aliphatic heterocycles. The third kappa shape index (κ3) is 20.2. The number of benzene rings is 1. The fraction of sp³-hybridized carbons (Fsp3) is 0.736. The van der Waals surface area contributed by atoms with Crippen molar-refractivity contribution in [1.29, 1.82) is 0 Å². The van der Waals surface area contributed by atoms with Crippen LogP contribution >= 0.6 is 0 Å². The van der Waals surface area contributed by atoms with Crippen LogP contribution in [-0.2, 0) is 57.3 Å². The molecule has 18 nitrogen and oxygen atoms in total. The monoisotopic (exact) mass is 1000 g/mol. The first-order chi connectivity index (χ1) is 33.8. The zero-order valence-corrected chi connectivity index (χ0v) is 44.7. The maximum atomic E-state index is 14.7. The third-order valence-electron chi connectivity index (χ3n) is 13.6. The maximum absolute atomic E-state index is 14.7. The van der Waals surface area contributed by atoms with Gasteiger partial charge in [0, 0.05) is 60.0 Å². The van der Waals surface area contributed by atoms with Crippen LogP contribution in [0.5, 0.6) is 0 Å². The second-order valence-electron chi connectivity index (χ2n) is 19.3. The molecule has 0 bridgehead atoms. The summed E-state index contributed by atoms with van der Waals surface area (Å²) in [6, 6.07) is 6.75. The van der Waals surface area contributed by atoms with Crippen molar-refractivity contribution in [3.63, 3.8) is 0 Å². The Morgan fingerprint density at radius 1 is 0.831 bits per heavy atom. The van der Waals surface area contributed by atoms with Crippen LogP contribution in [-0.4, -0.2) is 173 Å². The molecule has 71 heavy (non-hydrogen) atoms. The quantitative estimate of drug-likeness (QED) is 0.0491. The van der Waals surface area contributed by atoms with Crippen LogP contribution in [0.15, 0.2) is 30.3 Å². The Labute approximate surface area is 423 Å². The molecule has 5 amide bonds. The van der Waals surface area contributed by atoms with Gasteiger partial charge in [0.25, 0.3) is 0 Å². The molecule has 0 unspecified atom stereocenters. The molecule has 1 aromatic carbocycles. The predicted octanol–water partition coefficient (Wildman–Crippen LogP) is 4.37. The van der Waals surface area contributed by atoms with Gasteiger partial charge in [-0.15, -0.1) is 6.42 Å². The molecule has 1 saturated heterocycles. The number of terminal acetylenes is 1. The highest BCUT2D eigenvalue weighted by molar-refractivity contribution is 5.93. The van der Waals surface area contributed by atoms with E-state index in [0.29, 0.717) is 57.8 Å². The van der Waals surface area contributed by atoms with Crippen molar-refractivity contribution >= 4 is 35.3 Å². The summed E-state index contributed by atoms with van der Waals surface area (Å²) in [6.45, 7) is 17.4. The molecule has 0 aromatic heterocycles. The number of ether oxygens (including phenoxy) is 5. The van der Waals surface area contributed by atoms with Crippen LogP contribution in [0.2, 0.25) is 0 Å². The molecular formula is C53H87N5O13. The lowest BCUT2D eigenvalue weighted by molar-refractivity contribution is -0.150. The van der Waals surface area contributed by atoms with E-state index in [0.717, 1.165) is 0 Å². The summed E-state index contributed by atoms with van der Waals surface area (Å²) in [5, 5.41) is 13.8. The van der Waals surface area contributed by atoms with Crippen LogP contribution in [0.4, 0.5) is 0 Å². The lowest BCUT2D eigenvalue weighted by Gasteiger charge is -2.41. The second-order valence-corrected chi connectivity index (χ2v) is 19.3. The molecule has 1 heterocycles. The smallest absolute Gasteiger partial charge is 0.244 e. The van der Waals surface area contributed by atoms with Gasteiger partial charge in [-0.05, 0) is 43.1 Å². The first-order valence-corrected chi connectivity index (χ1v) is 25.3. The number of amides is 5. The summed E-state index contributed by atoms with van der Waals surface area (Å²) in [7, 11) is 6.29. The number of hydrogen-bond acceptors (Lipinski definition) is 13. The number of Topliss-reactive ketones (excluding diaryl/α,β-unsaturated/α-hetero) is 1. The molecule has 3 N–H and O–H groups in total. The van der Waals surface area contributed by atoms with Gasteiger partial charge in [-0.1, -0.05) is 91.1 Å². The summed E-state index contributed by atoms with van der Waals surface area (Å²) in [5.74, 6) is -1.62. The van der Waals surface area contributed by atoms with E-state index < -0.39 is 66.1 Å². The van der Waals surface area contributed by atoms with Gasteiger partial charge in [0.15, 0.2) is 5.78 Å². The van der Waals surface area contributed by atoms with E-state index in [9.17, 15) is 33.9 Å². The largest absolute Gasteiger partial charge is 0.386 e. The standard InChI is InChI=1S/C53H87N5O13/c1-14-26-68-27-28-69-29-30-70-31-32-71-55-45(60)23-24-46(61)56(10)48(36(5)6)43(59)33-41(35(3)4)53(65)57(11)49(37(7)15-2)44(66-12)34-47(62)58-25-19-22-42(58)51(67-13)38(8)52(64)54-39(9)50(63)40-20-17-16-18-21-40/h1,16-18,20-21,35-39,41-42,44,48-51,63H,15,19,22-34H2,2-13H3,(H,54,64)(H,55,60)/t37-,38+,39+,41-,42-,44+,48-,49-,50+,51+/m0/s1. The normalized spacial score (nSPS) is 17.5. The Balaban J connectivity index is 2.08. The van der Waals surface area contributed by atoms with Crippen molar-refractivity contribution in [3.8, 4) is 12.3 Å². The Kier molecular flexibility index (Phi) is 29.4. The predicted molar refractivity (Wildman–Crippen MR) is 269 cm³/mol. The lowest BCUT2D eigenvalue weighted by Crippen LogP contribution is -2.55. The average molecular weight is 1000 g/mol. The van der Waals surface area contributed by atoms with Crippen molar-refractivity contribution in [2.45, 2.75) is 143 Å². The van der Waals surface area contributed by atoms with Crippen LogP contribution in [0, 0.1) is 41.9 Å². The van der Waals surface area contributed by atoms with Gasteiger partial charge < -0.3 is 48.8 Å². The zero-order valence-electron chi connectivity index (χ0n) is 44.7. The number of nitrogens with one attached hydrogen (secondary N) is 2. The minimum atomic E-state index is -0.911. The van der Waals surface area contributed by atoms with Crippen molar-refractivity contribution < 1.29 is 62.4 Å². The molecule has 1 fully saturated rings. The number of nitrogens with zero attached hydrogens (tertiary/aromatic N) is 3. The molecule has 0 spiro atoms. The van der Waals surface area contributed by atoms with E-state index >= 15 is 0 Å². The number of hydrogen-bond donors (Lipinski definition) is 3. The minimum absolute atomic E-state index is 0.0366. The van der Waals surface area contributed by atoms with E-state index in [1.54, 1.807) is 42.8 Å². The van der Waals surface area contributed by atoms with Crippen molar-refractivity contribution in [2.24, 2.45) is 29.6 Å². The second kappa shape index (κ2) is 33.3. The van der Waals surface area contributed by atoms with Crippen molar-refractivity contribution in [3.05, 3.63) is 35.9 Å². The number of hydroxylamine groups is 1. The summed E-state index contributed by atoms with van der Waals surface area (Å²) in [5.41, 5.74) is 3.00. The molecule has 0 aliphatic carbocycles. The molecule has 0 radical (unpaired) electrons. The van der Waals surface area contributed by atoms with E-state index in [2.05, 4.69) is 16.7 Å². The Bertz CT molecular complexity index is 1810. The third-order valence-corrected chi connectivity index (χ3v) is 13.6. The van der Waals surface area contributed by atoms with Gasteiger partial charge >= 0.3 is 0 Å². The van der Waals surface area contributed by atoms with Crippen molar-refractivity contribution in [2.75, 3.05) is 81.1 Å². The summed E-state index contributed by atoms with van der Waals surface area (Å²) in [4.78, 5) is 92.7. The molecule has 0 saturated carbocycles. The fourth-order valence-corrected chi connectivity index (χ4v) is 9.33. The highest BCUT2D eigenvalue weighted by Gasteiger charge is 2.43. The molecular weight excluding hydrogens is 915 g/mol. The van der Waals surface area contributed by atoms with E-state index in [1.807, 2.05) is 59.7 Å². The number of aliphatic hydroxyl groups excluding tert-OH is 1. The molecule has 2 rings (SSSR count).